The second kappa shape index (κ2) is 7.61. The van der Waals surface area contributed by atoms with E-state index in [9.17, 15) is 0 Å². The number of anilines is 1. The lowest BCUT2D eigenvalue weighted by atomic mass is 10.2. The van der Waals surface area contributed by atoms with Crippen molar-refractivity contribution < 1.29 is 0 Å². The molecule has 1 aromatic heterocycles. The second-order valence-electron chi connectivity index (χ2n) is 4.43. The highest BCUT2D eigenvalue weighted by molar-refractivity contribution is 7.09. The number of rotatable bonds is 8. The average Bonchev–Trinajstić information content (AvgIpc) is 2.76. The van der Waals surface area contributed by atoms with Gasteiger partial charge in [0.05, 0.1) is 0 Å². The number of aromatic nitrogens is 2. The smallest absolute Gasteiger partial charge is 0.202 e. The molecule has 0 amide bonds. The fourth-order valence-electron chi connectivity index (χ4n) is 1.52. The van der Waals surface area contributed by atoms with Crippen molar-refractivity contribution in [1.82, 2.24) is 14.3 Å². The Kier molecular flexibility index (Phi) is 6.44. The maximum Gasteiger partial charge on any atom is 0.202 e. The van der Waals surface area contributed by atoms with Crippen LogP contribution in [-0.4, -0.2) is 40.4 Å². The molecule has 1 N–H and O–H groups in total. The van der Waals surface area contributed by atoms with Gasteiger partial charge in [0.15, 0.2) is 0 Å². The summed E-state index contributed by atoms with van der Waals surface area (Å²) >= 11 is 1.46. The number of aryl methyl sites for hydroxylation is 1. The predicted octanol–water partition coefficient (Wildman–Crippen LogP) is 2.63. The zero-order valence-corrected chi connectivity index (χ0v) is 12.2. The molecule has 0 aliphatic carbocycles. The molecule has 0 fully saturated rings. The molecule has 0 bridgehead atoms. The Morgan fingerprint density at radius 3 is 2.82 bits per heavy atom. The highest BCUT2D eigenvalue weighted by Gasteiger charge is 2.06. The Morgan fingerprint density at radius 2 is 2.18 bits per heavy atom. The summed E-state index contributed by atoms with van der Waals surface area (Å²) in [7, 11) is 2.17. The summed E-state index contributed by atoms with van der Waals surface area (Å²) in [6.07, 6.45) is 3.27. The molecule has 5 heteroatoms. The third-order valence-corrected chi connectivity index (χ3v) is 3.74. The van der Waals surface area contributed by atoms with Crippen LogP contribution in [0.1, 0.15) is 39.4 Å². The standard InChI is InChI=1S/C12H24N4S/c1-5-7-11-14-12(17-15-11)13-8-9-16(4)10(3)6-2/h10H,5-9H2,1-4H3,(H,13,14,15). The fraction of sp³-hybridized carbons (Fsp3) is 0.833. The van der Waals surface area contributed by atoms with Gasteiger partial charge in [0.1, 0.15) is 5.82 Å². The largest absolute Gasteiger partial charge is 0.359 e. The van der Waals surface area contributed by atoms with E-state index >= 15 is 0 Å². The van der Waals surface area contributed by atoms with Crippen LogP contribution in [-0.2, 0) is 6.42 Å². The monoisotopic (exact) mass is 256 g/mol. The molecule has 0 spiro atoms. The average molecular weight is 256 g/mol. The minimum absolute atomic E-state index is 0.641. The van der Waals surface area contributed by atoms with Gasteiger partial charge >= 0.3 is 0 Å². The van der Waals surface area contributed by atoms with Gasteiger partial charge in [0, 0.05) is 37.1 Å². The molecule has 0 aromatic carbocycles. The lowest BCUT2D eigenvalue weighted by Crippen LogP contribution is -2.32. The van der Waals surface area contributed by atoms with Gasteiger partial charge in [-0.3, -0.25) is 0 Å². The molecule has 98 valence electrons. The van der Waals surface area contributed by atoms with E-state index in [2.05, 4.69) is 47.4 Å². The van der Waals surface area contributed by atoms with E-state index < -0.39 is 0 Å². The van der Waals surface area contributed by atoms with Crippen molar-refractivity contribution in [1.29, 1.82) is 0 Å². The summed E-state index contributed by atoms with van der Waals surface area (Å²) in [5, 5.41) is 4.29. The third kappa shape index (κ3) is 5.00. The molecule has 1 heterocycles. The van der Waals surface area contributed by atoms with Crippen LogP contribution in [0.2, 0.25) is 0 Å². The van der Waals surface area contributed by atoms with Gasteiger partial charge in [-0.2, -0.15) is 4.37 Å². The fourth-order valence-corrected chi connectivity index (χ4v) is 2.16. The number of hydrogen-bond donors (Lipinski definition) is 1. The molecule has 0 saturated heterocycles. The molecular weight excluding hydrogens is 232 g/mol. The van der Waals surface area contributed by atoms with Crippen molar-refractivity contribution >= 4 is 16.7 Å². The highest BCUT2D eigenvalue weighted by atomic mass is 32.1. The molecule has 0 aliphatic heterocycles. The molecule has 4 nitrogen and oxygen atoms in total. The van der Waals surface area contributed by atoms with Gasteiger partial charge in [-0.1, -0.05) is 13.8 Å². The van der Waals surface area contributed by atoms with Gasteiger partial charge in [-0.05, 0) is 26.8 Å². The molecular formula is C12H24N4S. The molecule has 1 rings (SSSR count). The maximum atomic E-state index is 4.44. The maximum absolute atomic E-state index is 4.44. The van der Waals surface area contributed by atoms with Crippen molar-refractivity contribution in [3.05, 3.63) is 5.82 Å². The quantitative estimate of drug-likeness (QED) is 0.776. The predicted molar refractivity (Wildman–Crippen MR) is 74.8 cm³/mol. The van der Waals surface area contributed by atoms with E-state index in [-0.39, 0.29) is 0 Å². The summed E-state index contributed by atoms with van der Waals surface area (Å²) in [5.74, 6) is 0.968. The Balaban J connectivity index is 2.25. The summed E-state index contributed by atoms with van der Waals surface area (Å²) in [6, 6.07) is 0.641. The Bertz CT molecular complexity index is 313. The van der Waals surface area contributed by atoms with Gasteiger partial charge in [-0.15, -0.1) is 0 Å². The number of hydrogen-bond acceptors (Lipinski definition) is 5. The highest BCUT2D eigenvalue weighted by Crippen LogP contribution is 2.11. The van der Waals surface area contributed by atoms with Crippen molar-refractivity contribution in [2.24, 2.45) is 0 Å². The van der Waals surface area contributed by atoms with Gasteiger partial charge in [-0.25, -0.2) is 4.98 Å². The van der Waals surface area contributed by atoms with Gasteiger partial charge in [0.2, 0.25) is 5.13 Å². The normalized spacial score (nSPS) is 13.0. The minimum Gasteiger partial charge on any atom is -0.359 e. The lowest BCUT2D eigenvalue weighted by Gasteiger charge is -2.23. The van der Waals surface area contributed by atoms with Crippen molar-refractivity contribution in [3.63, 3.8) is 0 Å². The van der Waals surface area contributed by atoms with Crippen LogP contribution in [0.25, 0.3) is 0 Å². The first kappa shape index (κ1) is 14.4. The van der Waals surface area contributed by atoms with E-state index in [4.69, 9.17) is 0 Å². The molecule has 1 unspecified atom stereocenters. The number of nitrogens with one attached hydrogen (secondary N) is 1. The van der Waals surface area contributed by atoms with Gasteiger partial charge in [0.25, 0.3) is 0 Å². The SMILES string of the molecule is CCCc1nsc(NCCN(C)C(C)CC)n1. The summed E-state index contributed by atoms with van der Waals surface area (Å²) in [4.78, 5) is 6.80. The van der Waals surface area contributed by atoms with Crippen LogP contribution in [0, 0.1) is 0 Å². The Hall–Kier alpha value is -0.680. The van der Waals surface area contributed by atoms with E-state index in [1.807, 2.05) is 0 Å². The Morgan fingerprint density at radius 1 is 1.41 bits per heavy atom. The van der Waals surface area contributed by atoms with Crippen LogP contribution in [0.15, 0.2) is 0 Å². The number of nitrogens with zero attached hydrogens (tertiary/aromatic N) is 3. The Labute approximate surface area is 109 Å². The zero-order chi connectivity index (χ0) is 12.7. The zero-order valence-electron chi connectivity index (χ0n) is 11.4. The van der Waals surface area contributed by atoms with E-state index in [0.717, 1.165) is 36.9 Å². The molecule has 1 aromatic rings. The summed E-state index contributed by atoms with van der Waals surface area (Å²) in [6.45, 7) is 8.59. The molecule has 0 aliphatic rings. The van der Waals surface area contributed by atoms with Crippen LogP contribution >= 0.6 is 11.5 Å². The topological polar surface area (TPSA) is 41.1 Å². The van der Waals surface area contributed by atoms with Crippen molar-refractivity contribution in [2.45, 2.75) is 46.1 Å². The second-order valence-corrected chi connectivity index (χ2v) is 5.18. The molecule has 0 saturated carbocycles. The molecule has 17 heavy (non-hydrogen) atoms. The number of likely N-dealkylation sites (N-methyl/N-ethyl adjacent to an activating group) is 1. The lowest BCUT2D eigenvalue weighted by molar-refractivity contribution is 0.261. The summed E-state index contributed by atoms with van der Waals surface area (Å²) < 4.78 is 4.31. The minimum atomic E-state index is 0.641. The van der Waals surface area contributed by atoms with Gasteiger partial charge < -0.3 is 10.2 Å². The molecule has 0 radical (unpaired) electrons. The van der Waals surface area contributed by atoms with Crippen LogP contribution in [0.5, 0.6) is 0 Å². The van der Waals surface area contributed by atoms with E-state index in [1.54, 1.807) is 0 Å². The van der Waals surface area contributed by atoms with Crippen LogP contribution < -0.4 is 5.32 Å². The third-order valence-electron chi connectivity index (χ3n) is 3.03. The van der Waals surface area contributed by atoms with Crippen LogP contribution in [0.4, 0.5) is 5.13 Å². The first-order valence-electron chi connectivity index (χ1n) is 6.44. The first-order chi connectivity index (χ1) is 8.17. The van der Waals surface area contributed by atoms with Crippen molar-refractivity contribution in [2.75, 3.05) is 25.5 Å². The van der Waals surface area contributed by atoms with Crippen molar-refractivity contribution in [3.8, 4) is 0 Å². The summed E-state index contributed by atoms with van der Waals surface area (Å²) in [5.41, 5.74) is 0. The molecule has 1 atom stereocenters. The van der Waals surface area contributed by atoms with E-state index in [1.165, 1.54) is 18.0 Å². The first-order valence-corrected chi connectivity index (χ1v) is 7.21. The van der Waals surface area contributed by atoms with E-state index in [0.29, 0.717) is 6.04 Å². The van der Waals surface area contributed by atoms with Crippen LogP contribution in [0.3, 0.4) is 0 Å².